The van der Waals surface area contributed by atoms with Crippen molar-refractivity contribution in [3.8, 4) is 5.75 Å². The van der Waals surface area contributed by atoms with Crippen LogP contribution in [0.3, 0.4) is 0 Å². The maximum Gasteiger partial charge on any atom is 0.129 e. The topological polar surface area (TPSA) is 58.2 Å². The third-order valence-electron chi connectivity index (χ3n) is 2.40. The predicted molar refractivity (Wildman–Crippen MR) is 67.5 cm³/mol. The van der Waals surface area contributed by atoms with Gasteiger partial charge in [-0.15, -0.1) is 0 Å². The molecule has 0 atom stereocenters. The summed E-state index contributed by atoms with van der Waals surface area (Å²) in [5, 5.41) is 12.7. The number of hydrogen-bond donors (Lipinski definition) is 2. The molecule has 84 valence electrons. The van der Waals surface area contributed by atoms with Gasteiger partial charge in [-0.05, 0) is 40.5 Å². The second-order valence-corrected chi connectivity index (χ2v) is 3.65. The number of benzene rings is 2. The molecule has 17 heavy (non-hydrogen) atoms. The van der Waals surface area contributed by atoms with Gasteiger partial charge in [0.15, 0.2) is 0 Å². The van der Waals surface area contributed by atoms with Gasteiger partial charge in [0, 0.05) is 0 Å². The molecule has 3 nitrogen and oxygen atoms in total. The van der Waals surface area contributed by atoms with Crippen molar-refractivity contribution in [1.29, 1.82) is 0 Å². The Bertz CT molecular complexity index is 527. The van der Waals surface area contributed by atoms with Crippen LogP contribution in [-0.2, 0) is 0 Å². The van der Waals surface area contributed by atoms with E-state index in [0.29, 0.717) is 0 Å². The van der Waals surface area contributed by atoms with Crippen molar-refractivity contribution in [3.05, 3.63) is 59.7 Å². The molecule has 3 N–H and O–H groups in total. The van der Waals surface area contributed by atoms with Crippen molar-refractivity contribution < 1.29 is 10.6 Å². The van der Waals surface area contributed by atoms with Crippen LogP contribution in [0.4, 0.5) is 5.69 Å². The average molecular weight is 225 g/mol. The van der Waals surface area contributed by atoms with Gasteiger partial charge in [-0.1, -0.05) is 36.4 Å². The summed E-state index contributed by atoms with van der Waals surface area (Å²) < 4.78 is 0. The summed E-state index contributed by atoms with van der Waals surface area (Å²) in [5.74, 6) is 0.274. The van der Waals surface area contributed by atoms with Crippen molar-refractivity contribution in [1.82, 2.24) is 0 Å². The standard InChI is InChI=1S/C14H12N2O/c15-16-13-7-3-11(4-8-13)1-2-12-5-9-14(17)10-6-12/h1-10,15,17H/p+1/b2-1+,16-15?. The first-order chi connectivity index (χ1) is 8.28. The molecule has 0 bridgehead atoms. The summed E-state index contributed by atoms with van der Waals surface area (Å²) >= 11 is 0. The van der Waals surface area contributed by atoms with Crippen molar-refractivity contribution in [2.24, 2.45) is 5.11 Å². The Kier molecular flexibility index (Phi) is 3.31. The minimum atomic E-state index is 0.274. The molecule has 0 saturated heterocycles. The highest BCUT2D eigenvalue weighted by Crippen LogP contribution is 2.15. The van der Waals surface area contributed by atoms with Crippen molar-refractivity contribution >= 4 is 17.8 Å². The van der Waals surface area contributed by atoms with Crippen molar-refractivity contribution in [2.45, 2.75) is 0 Å². The minimum Gasteiger partial charge on any atom is -0.508 e. The van der Waals surface area contributed by atoms with Gasteiger partial charge in [-0.2, -0.15) is 5.53 Å². The summed E-state index contributed by atoms with van der Waals surface area (Å²) in [4.78, 5) is 0. The summed E-state index contributed by atoms with van der Waals surface area (Å²) in [6.45, 7) is 0. The first-order valence-electron chi connectivity index (χ1n) is 5.26. The lowest BCUT2D eigenvalue weighted by Gasteiger charge is -1.95. The third kappa shape index (κ3) is 3.01. The SMILES string of the molecule is [NH2+]=Nc1ccc(/C=C/c2ccc(O)cc2)cc1. The Morgan fingerprint density at radius 1 is 0.824 bits per heavy atom. The van der Waals surface area contributed by atoms with Gasteiger partial charge < -0.3 is 5.11 Å². The van der Waals surface area contributed by atoms with Gasteiger partial charge in [0.25, 0.3) is 0 Å². The van der Waals surface area contributed by atoms with E-state index >= 15 is 0 Å². The van der Waals surface area contributed by atoms with E-state index < -0.39 is 0 Å². The Morgan fingerprint density at radius 3 is 1.76 bits per heavy atom. The molecule has 0 heterocycles. The average Bonchev–Trinajstić information content (AvgIpc) is 2.39. The first-order valence-corrected chi connectivity index (χ1v) is 5.26. The van der Waals surface area contributed by atoms with Crippen LogP contribution in [0.2, 0.25) is 0 Å². The van der Waals surface area contributed by atoms with E-state index in [1.54, 1.807) is 12.1 Å². The Morgan fingerprint density at radius 2 is 1.29 bits per heavy atom. The zero-order valence-electron chi connectivity index (χ0n) is 9.25. The van der Waals surface area contributed by atoms with Crippen LogP contribution in [0.5, 0.6) is 5.75 Å². The van der Waals surface area contributed by atoms with Crippen LogP contribution in [0.1, 0.15) is 11.1 Å². The van der Waals surface area contributed by atoms with Gasteiger partial charge in [0.2, 0.25) is 0 Å². The van der Waals surface area contributed by atoms with Crippen LogP contribution in [0, 0.1) is 0 Å². The number of hydrogen-bond acceptors (Lipinski definition) is 2. The fourth-order valence-electron chi connectivity index (χ4n) is 1.45. The normalized spacial score (nSPS) is 10.6. The van der Waals surface area contributed by atoms with E-state index in [0.717, 1.165) is 16.8 Å². The van der Waals surface area contributed by atoms with Crippen molar-refractivity contribution in [2.75, 3.05) is 0 Å². The van der Waals surface area contributed by atoms with Gasteiger partial charge in [0.1, 0.15) is 11.4 Å². The Balaban J connectivity index is 2.14. The fraction of sp³-hybridized carbons (Fsp3) is 0. The highest BCUT2D eigenvalue weighted by Gasteiger charge is 1.92. The molecule has 2 rings (SSSR count). The maximum atomic E-state index is 9.15. The Labute approximate surface area is 99.6 Å². The number of nitrogens with zero attached hydrogens (tertiary/aromatic N) is 1. The number of rotatable bonds is 3. The highest BCUT2D eigenvalue weighted by molar-refractivity contribution is 5.70. The molecule has 0 fully saturated rings. The molecule has 2 aromatic rings. The van der Waals surface area contributed by atoms with E-state index in [1.165, 1.54) is 0 Å². The van der Waals surface area contributed by atoms with Gasteiger partial charge in [-0.3, -0.25) is 0 Å². The fourth-order valence-corrected chi connectivity index (χ4v) is 1.45. The van der Waals surface area contributed by atoms with E-state index in [2.05, 4.69) is 5.11 Å². The zero-order chi connectivity index (χ0) is 12.1. The summed E-state index contributed by atoms with van der Waals surface area (Å²) in [6.07, 6.45) is 3.97. The van der Waals surface area contributed by atoms with E-state index in [-0.39, 0.29) is 5.75 Å². The van der Waals surface area contributed by atoms with E-state index in [9.17, 15) is 0 Å². The zero-order valence-corrected chi connectivity index (χ0v) is 9.25. The second-order valence-electron chi connectivity index (χ2n) is 3.65. The number of phenolic OH excluding ortho intramolecular Hbond substituents is 1. The number of nitrogens with two attached hydrogens (primary N) is 1. The highest BCUT2D eigenvalue weighted by atomic mass is 16.3. The first kappa shape index (κ1) is 11.1. The molecule has 2 aromatic carbocycles. The molecule has 0 saturated carbocycles. The second kappa shape index (κ2) is 5.07. The van der Waals surface area contributed by atoms with Crippen LogP contribution in [0.25, 0.3) is 12.2 Å². The maximum absolute atomic E-state index is 9.15. The molecule has 3 heteroatoms. The molecular formula is C14H13N2O+. The predicted octanol–water partition coefficient (Wildman–Crippen LogP) is 2.41. The molecule has 0 spiro atoms. The molecule has 0 unspecified atom stereocenters. The monoisotopic (exact) mass is 225 g/mol. The number of phenols is 1. The molecule has 0 aliphatic carbocycles. The minimum absolute atomic E-state index is 0.274. The Hall–Kier alpha value is -2.42. The number of aromatic hydroxyl groups is 1. The summed E-state index contributed by atoms with van der Waals surface area (Å²) in [6, 6.07) is 14.6. The quantitative estimate of drug-likeness (QED) is 0.611. The van der Waals surface area contributed by atoms with Crippen LogP contribution in [0.15, 0.2) is 53.6 Å². The largest absolute Gasteiger partial charge is 0.508 e. The van der Waals surface area contributed by atoms with Gasteiger partial charge in [0.05, 0.1) is 0 Å². The molecule has 0 aliphatic rings. The third-order valence-corrected chi connectivity index (χ3v) is 2.40. The lowest BCUT2D eigenvalue weighted by Crippen LogP contribution is -2.21. The van der Waals surface area contributed by atoms with Crippen LogP contribution in [-0.4, -0.2) is 5.11 Å². The molecular weight excluding hydrogens is 212 g/mol. The molecule has 0 amide bonds. The van der Waals surface area contributed by atoms with E-state index in [4.69, 9.17) is 10.6 Å². The van der Waals surface area contributed by atoms with Crippen molar-refractivity contribution in [3.63, 3.8) is 0 Å². The van der Waals surface area contributed by atoms with Crippen LogP contribution < -0.4 is 5.53 Å². The lowest BCUT2D eigenvalue weighted by atomic mass is 10.1. The lowest BCUT2D eigenvalue weighted by molar-refractivity contribution is -0.210. The summed E-state index contributed by atoms with van der Waals surface area (Å²) in [7, 11) is 0. The smallest absolute Gasteiger partial charge is 0.129 e. The van der Waals surface area contributed by atoms with Gasteiger partial charge >= 0.3 is 0 Å². The molecule has 0 aromatic heterocycles. The van der Waals surface area contributed by atoms with E-state index in [1.807, 2.05) is 48.6 Å². The molecule has 0 aliphatic heterocycles. The van der Waals surface area contributed by atoms with Crippen LogP contribution >= 0.6 is 0 Å². The summed E-state index contributed by atoms with van der Waals surface area (Å²) in [5.41, 5.74) is 8.03. The van der Waals surface area contributed by atoms with Gasteiger partial charge in [-0.25, -0.2) is 0 Å². The molecule has 0 radical (unpaired) electrons.